The van der Waals surface area contributed by atoms with Crippen LogP contribution in [-0.2, 0) is 0 Å². The lowest BCUT2D eigenvalue weighted by molar-refractivity contribution is 0.103. The van der Waals surface area contributed by atoms with E-state index >= 15 is 0 Å². The second-order valence-electron chi connectivity index (χ2n) is 4.30. The van der Waals surface area contributed by atoms with Crippen molar-refractivity contribution in [2.24, 2.45) is 11.8 Å². The summed E-state index contributed by atoms with van der Waals surface area (Å²) < 4.78 is 0. The molecule has 1 aliphatic rings. The molecule has 0 radical (unpaired) electrons. The Morgan fingerprint density at radius 1 is 1.18 bits per heavy atom. The minimum atomic E-state index is 0.0124. The molecule has 0 amide bonds. The van der Waals surface area contributed by atoms with Crippen molar-refractivity contribution < 1.29 is 5.11 Å². The molecule has 1 fully saturated rings. The van der Waals surface area contributed by atoms with E-state index in [1.165, 1.54) is 19.3 Å². The van der Waals surface area contributed by atoms with Crippen molar-refractivity contribution in [3.63, 3.8) is 0 Å². The normalized spacial score (nSPS) is 32.7. The van der Waals surface area contributed by atoms with E-state index in [2.05, 4.69) is 13.8 Å². The zero-order chi connectivity index (χ0) is 8.27. The summed E-state index contributed by atoms with van der Waals surface area (Å²) in [5.74, 6) is 1.73. The van der Waals surface area contributed by atoms with E-state index in [9.17, 15) is 5.11 Å². The highest BCUT2D eigenvalue weighted by Crippen LogP contribution is 2.28. The molecule has 66 valence electrons. The van der Waals surface area contributed by atoms with Crippen LogP contribution in [0.1, 0.15) is 46.0 Å². The van der Waals surface area contributed by atoms with Gasteiger partial charge in [0.25, 0.3) is 0 Å². The molecule has 1 aliphatic carbocycles. The van der Waals surface area contributed by atoms with E-state index in [1.54, 1.807) is 0 Å². The van der Waals surface area contributed by atoms with Gasteiger partial charge in [-0.3, -0.25) is 0 Å². The van der Waals surface area contributed by atoms with Crippen molar-refractivity contribution >= 4 is 0 Å². The minimum absolute atomic E-state index is 0.0124. The SMILES string of the molecule is CC(C)C[C@H]1CC[C@H](O)CC1. The van der Waals surface area contributed by atoms with Crippen LogP contribution in [0, 0.1) is 11.8 Å². The molecular formula is C10H20O. The fourth-order valence-corrected chi connectivity index (χ4v) is 2.05. The molecule has 0 aromatic heterocycles. The van der Waals surface area contributed by atoms with Crippen LogP contribution in [0.2, 0.25) is 0 Å². The fourth-order valence-electron chi connectivity index (χ4n) is 2.05. The summed E-state index contributed by atoms with van der Waals surface area (Å²) in [6.45, 7) is 4.57. The molecule has 0 aromatic rings. The fraction of sp³-hybridized carbons (Fsp3) is 1.00. The van der Waals surface area contributed by atoms with Gasteiger partial charge in [-0.05, 0) is 43.9 Å². The van der Waals surface area contributed by atoms with Crippen LogP contribution in [0.3, 0.4) is 0 Å². The Morgan fingerprint density at radius 3 is 2.18 bits per heavy atom. The van der Waals surface area contributed by atoms with E-state index in [0.717, 1.165) is 24.7 Å². The minimum Gasteiger partial charge on any atom is -0.393 e. The van der Waals surface area contributed by atoms with Gasteiger partial charge in [-0.1, -0.05) is 13.8 Å². The van der Waals surface area contributed by atoms with Crippen LogP contribution < -0.4 is 0 Å². The van der Waals surface area contributed by atoms with Gasteiger partial charge in [0.1, 0.15) is 0 Å². The monoisotopic (exact) mass is 156 g/mol. The zero-order valence-electron chi connectivity index (χ0n) is 7.71. The van der Waals surface area contributed by atoms with Crippen molar-refractivity contribution in [2.75, 3.05) is 0 Å². The molecule has 1 nitrogen and oxygen atoms in total. The average molecular weight is 156 g/mol. The Balaban J connectivity index is 2.17. The molecule has 0 aliphatic heterocycles. The summed E-state index contributed by atoms with van der Waals surface area (Å²) in [4.78, 5) is 0. The van der Waals surface area contributed by atoms with Crippen molar-refractivity contribution in [3.05, 3.63) is 0 Å². The van der Waals surface area contributed by atoms with E-state index in [1.807, 2.05) is 0 Å². The number of rotatable bonds is 2. The topological polar surface area (TPSA) is 20.2 Å². The third-order valence-electron chi connectivity index (χ3n) is 2.62. The predicted octanol–water partition coefficient (Wildman–Crippen LogP) is 2.58. The third-order valence-corrected chi connectivity index (χ3v) is 2.62. The Morgan fingerprint density at radius 2 is 1.73 bits per heavy atom. The van der Waals surface area contributed by atoms with Crippen LogP contribution >= 0.6 is 0 Å². The van der Waals surface area contributed by atoms with Gasteiger partial charge in [0.05, 0.1) is 6.10 Å². The van der Waals surface area contributed by atoms with Crippen LogP contribution in [0.15, 0.2) is 0 Å². The van der Waals surface area contributed by atoms with Gasteiger partial charge in [-0.2, -0.15) is 0 Å². The van der Waals surface area contributed by atoms with Crippen LogP contribution in [-0.4, -0.2) is 11.2 Å². The highest BCUT2D eigenvalue weighted by Gasteiger charge is 2.19. The van der Waals surface area contributed by atoms with Gasteiger partial charge >= 0.3 is 0 Å². The first kappa shape index (κ1) is 9.05. The number of aliphatic hydroxyl groups is 1. The van der Waals surface area contributed by atoms with E-state index in [0.29, 0.717) is 0 Å². The Bertz CT molecular complexity index is 101. The Labute approximate surface area is 69.8 Å². The van der Waals surface area contributed by atoms with Gasteiger partial charge in [-0.15, -0.1) is 0 Å². The summed E-state index contributed by atoms with van der Waals surface area (Å²) in [6, 6.07) is 0. The number of hydrogen-bond acceptors (Lipinski definition) is 1. The second-order valence-corrected chi connectivity index (χ2v) is 4.30. The smallest absolute Gasteiger partial charge is 0.0540 e. The maximum absolute atomic E-state index is 9.26. The average Bonchev–Trinajstić information content (AvgIpc) is 1.93. The van der Waals surface area contributed by atoms with E-state index in [4.69, 9.17) is 0 Å². The molecule has 11 heavy (non-hydrogen) atoms. The van der Waals surface area contributed by atoms with Crippen LogP contribution in [0.25, 0.3) is 0 Å². The molecule has 0 saturated heterocycles. The molecule has 0 aromatic carbocycles. The van der Waals surface area contributed by atoms with E-state index < -0.39 is 0 Å². The quantitative estimate of drug-likeness (QED) is 0.651. The van der Waals surface area contributed by atoms with Crippen molar-refractivity contribution in [1.82, 2.24) is 0 Å². The zero-order valence-corrected chi connectivity index (χ0v) is 7.71. The van der Waals surface area contributed by atoms with Crippen molar-refractivity contribution in [1.29, 1.82) is 0 Å². The Hall–Kier alpha value is -0.0400. The first-order valence-electron chi connectivity index (χ1n) is 4.86. The van der Waals surface area contributed by atoms with Crippen LogP contribution in [0.4, 0.5) is 0 Å². The molecule has 1 rings (SSSR count). The lowest BCUT2D eigenvalue weighted by Crippen LogP contribution is -2.19. The molecule has 1 saturated carbocycles. The van der Waals surface area contributed by atoms with Gasteiger partial charge in [0.15, 0.2) is 0 Å². The maximum atomic E-state index is 9.26. The predicted molar refractivity (Wildman–Crippen MR) is 47.4 cm³/mol. The molecular weight excluding hydrogens is 136 g/mol. The summed E-state index contributed by atoms with van der Waals surface area (Å²) >= 11 is 0. The molecule has 1 N–H and O–H groups in total. The van der Waals surface area contributed by atoms with Crippen LogP contribution in [0.5, 0.6) is 0 Å². The Kier molecular flexibility index (Phi) is 3.38. The molecule has 0 atom stereocenters. The maximum Gasteiger partial charge on any atom is 0.0540 e. The third kappa shape index (κ3) is 3.24. The summed E-state index contributed by atoms with van der Waals surface area (Å²) in [5, 5.41) is 9.26. The standard InChI is InChI=1S/C10H20O/c1-8(2)7-9-3-5-10(11)6-4-9/h8-11H,3-7H2,1-2H3/t9-,10-. The molecule has 0 spiro atoms. The highest BCUT2D eigenvalue weighted by atomic mass is 16.3. The lowest BCUT2D eigenvalue weighted by atomic mass is 9.82. The number of hydrogen-bond donors (Lipinski definition) is 1. The molecule has 0 unspecified atom stereocenters. The molecule has 1 heteroatoms. The summed E-state index contributed by atoms with van der Waals surface area (Å²) in [6.07, 6.45) is 5.94. The van der Waals surface area contributed by atoms with Gasteiger partial charge < -0.3 is 5.11 Å². The molecule has 0 heterocycles. The first-order chi connectivity index (χ1) is 5.18. The van der Waals surface area contributed by atoms with Crippen molar-refractivity contribution in [2.45, 2.75) is 52.1 Å². The first-order valence-corrected chi connectivity index (χ1v) is 4.86. The second kappa shape index (κ2) is 4.10. The van der Waals surface area contributed by atoms with Gasteiger partial charge in [0, 0.05) is 0 Å². The summed E-state index contributed by atoms with van der Waals surface area (Å²) in [7, 11) is 0. The lowest BCUT2D eigenvalue weighted by Gasteiger charge is -2.26. The van der Waals surface area contributed by atoms with E-state index in [-0.39, 0.29) is 6.10 Å². The summed E-state index contributed by atoms with van der Waals surface area (Å²) in [5.41, 5.74) is 0. The van der Waals surface area contributed by atoms with Crippen molar-refractivity contribution in [3.8, 4) is 0 Å². The highest BCUT2D eigenvalue weighted by molar-refractivity contribution is 4.72. The molecule has 0 bridgehead atoms. The largest absolute Gasteiger partial charge is 0.393 e. The van der Waals surface area contributed by atoms with Gasteiger partial charge in [-0.25, -0.2) is 0 Å². The number of aliphatic hydroxyl groups excluding tert-OH is 1. The van der Waals surface area contributed by atoms with Gasteiger partial charge in [0.2, 0.25) is 0 Å².